The molecular weight excluding hydrogens is 131 g/mol. The Morgan fingerprint density at radius 1 is 1.27 bits per heavy atom. The van der Waals surface area contributed by atoms with Crippen LogP contribution >= 0.6 is 0 Å². The standard InChI is InChI=1S/C10H12B/c1-2-6-10(11)9-7-4-3-5-8-9/h3-5,7-8H,2,6H2,1H3. The number of hydrogen-bond acceptors (Lipinski definition) is 0. The molecule has 0 fully saturated rings. The van der Waals surface area contributed by atoms with Gasteiger partial charge in [-0.05, 0) is 0 Å². The van der Waals surface area contributed by atoms with Crippen LogP contribution in [-0.4, -0.2) is 13.0 Å². The molecule has 0 aromatic heterocycles. The van der Waals surface area contributed by atoms with E-state index in [0.717, 1.165) is 23.9 Å². The normalized spacial score (nSPS) is 9.45. The molecule has 1 heteroatoms. The van der Waals surface area contributed by atoms with Gasteiger partial charge in [-0.15, -0.1) is 0 Å². The van der Waals surface area contributed by atoms with Crippen LogP contribution in [0.15, 0.2) is 30.3 Å². The fourth-order valence-corrected chi connectivity index (χ4v) is 1.07. The van der Waals surface area contributed by atoms with Crippen LogP contribution in [0.5, 0.6) is 0 Å². The van der Waals surface area contributed by atoms with Crippen LogP contribution in [0.4, 0.5) is 0 Å². The monoisotopic (exact) mass is 143 g/mol. The Bertz CT molecular complexity index is 226. The van der Waals surface area contributed by atoms with Crippen molar-refractivity contribution in [2.24, 2.45) is 0 Å². The molecule has 0 aliphatic carbocycles. The first-order chi connectivity index (χ1) is 5.34. The average Bonchev–Trinajstić information content (AvgIpc) is 2.07. The Hall–Kier alpha value is -0.845. The van der Waals surface area contributed by atoms with Crippen LogP contribution < -0.4 is 0 Å². The van der Waals surface area contributed by atoms with Gasteiger partial charge in [0.1, 0.15) is 0 Å². The molecule has 0 aliphatic heterocycles. The van der Waals surface area contributed by atoms with Gasteiger partial charge >= 0.3 is 68.6 Å². The van der Waals surface area contributed by atoms with Crippen LogP contribution in [0.3, 0.4) is 0 Å². The number of rotatable bonds is 3. The van der Waals surface area contributed by atoms with E-state index in [2.05, 4.69) is 6.92 Å². The summed E-state index contributed by atoms with van der Waals surface area (Å²) in [6, 6.07) is 10.1. The van der Waals surface area contributed by atoms with Crippen molar-refractivity contribution in [3.05, 3.63) is 35.9 Å². The fraction of sp³-hybridized carbons (Fsp3) is 0.300. The van der Waals surface area contributed by atoms with Gasteiger partial charge in [-0.25, -0.2) is 0 Å². The molecular formula is C10H12B. The van der Waals surface area contributed by atoms with E-state index < -0.39 is 0 Å². The van der Waals surface area contributed by atoms with Gasteiger partial charge in [0, 0.05) is 0 Å². The maximum absolute atomic E-state index is 5.82. The number of benzene rings is 1. The summed E-state index contributed by atoms with van der Waals surface area (Å²) in [5.74, 6) is 0. The maximum atomic E-state index is 5.82. The Morgan fingerprint density at radius 2 is 1.91 bits per heavy atom. The van der Waals surface area contributed by atoms with Gasteiger partial charge < -0.3 is 0 Å². The zero-order valence-corrected chi connectivity index (χ0v) is 6.88. The Kier molecular flexibility index (Phi) is 3.09. The fourth-order valence-electron chi connectivity index (χ4n) is 1.07. The van der Waals surface area contributed by atoms with Gasteiger partial charge in [0.15, 0.2) is 0 Å². The summed E-state index contributed by atoms with van der Waals surface area (Å²) in [5.41, 5.74) is 2.16. The predicted octanol–water partition coefficient (Wildman–Crippen LogP) is 2.18. The molecule has 0 unspecified atom stereocenters. The van der Waals surface area contributed by atoms with Crippen LogP contribution in [0.25, 0.3) is 0 Å². The molecule has 0 aliphatic rings. The Labute approximate surface area is 69.3 Å². The summed E-state index contributed by atoms with van der Waals surface area (Å²) >= 11 is 0. The molecule has 1 aromatic carbocycles. The first-order valence-electron chi connectivity index (χ1n) is 4.01. The van der Waals surface area contributed by atoms with Crippen molar-refractivity contribution < 1.29 is 0 Å². The zero-order valence-electron chi connectivity index (χ0n) is 6.88. The van der Waals surface area contributed by atoms with E-state index >= 15 is 0 Å². The molecule has 1 aromatic rings. The molecule has 0 atom stereocenters. The third-order valence-electron chi connectivity index (χ3n) is 1.66. The van der Waals surface area contributed by atoms with Crippen molar-refractivity contribution in [3.8, 4) is 0 Å². The van der Waals surface area contributed by atoms with Gasteiger partial charge in [0.25, 0.3) is 0 Å². The van der Waals surface area contributed by atoms with E-state index in [1.54, 1.807) is 0 Å². The molecule has 0 nitrogen and oxygen atoms in total. The first kappa shape index (κ1) is 8.25. The predicted molar refractivity (Wildman–Crippen MR) is 51.2 cm³/mol. The summed E-state index contributed by atoms with van der Waals surface area (Å²) < 4.78 is 0. The Balaban J connectivity index is 2.69. The summed E-state index contributed by atoms with van der Waals surface area (Å²) in [6.45, 7) is 2.13. The topological polar surface area (TPSA) is 0 Å². The SMILES string of the molecule is [B]=C(CCC)c1ccccc1. The molecule has 1 rings (SSSR count). The van der Waals surface area contributed by atoms with Gasteiger partial charge in [0.2, 0.25) is 0 Å². The zero-order chi connectivity index (χ0) is 8.10. The molecule has 0 saturated heterocycles. The molecule has 11 heavy (non-hydrogen) atoms. The summed E-state index contributed by atoms with van der Waals surface area (Å²) in [4.78, 5) is 0. The molecule has 0 spiro atoms. The van der Waals surface area contributed by atoms with Gasteiger partial charge in [-0.1, -0.05) is 0 Å². The van der Waals surface area contributed by atoms with E-state index in [-0.39, 0.29) is 0 Å². The van der Waals surface area contributed by atoms with E-state index in [1.807, 2.05) is 30.3 Å². The second-order valence-corrected chi connectivity index (χ2v) is 2.64. The Morgan fingerprint density at radius 3 is 2.45 bits per heavy atom. The summed E-state index contributed by atoms with van der Waals surface area (Å²) in [7, 11) is 5.82. The van der Waals surface area contributed by atoms with Crippen LogP contribution in [-0.2, 0) is 0 Å². The van der Waals surface area contributed by atoms with Crippen molar-refractivity contribution in [3.63, 3.8) is 0 Å². The first-order valence-corrected chi connectivity index (χ1v) is 4.01. The van der Waals surface area contributed by atoms with Crippen molar-refractivity contribution in [1.82, 2.24) is 0 Å². The van der Waals surface area contributed by atoms with Gasteiger partial charge in [0.05, 0.1) is 0 Å². The van der Waals surface area contributed by atoms with Crippen molar-refractivity contribution >= 4 is 13.0 Å². The van der Waals surface area contributed by atoms with Gasteiger partial charge in [-0.2, -0.15) is 0 Å². The average molecular weight is 143 g/mol. The second-order valence-electron chi connectivity index (χ2n) is 2.64. The summed E-state index contributed by atoms with van der Waals surface area (Å²) in [5, 5.41) is 0. The molecule has 0 bridgehead atoms. The van der Waals surface area contributed by atoms with Crippen LogP contribution in [0, 0.1) is 0 Å². The quantitative estimate of drug-likeness (QED) is 0.568. The molecule has 1 radical (unpaired) electrons. The van der Waals surface area contributed by atoms with Gasteiger partial charge in [-0.3, -0.25) is 0 Å². The van der Waals surface area contributed by atoms with Crippen LogP contribution in [0.1, 0.15) is 25.3 Å². The molecule has 0 saturated carbocycles. The molecule has 0 heterocycles. The van der Waals surface area contributed by atoms with Crippen molar-refractivity contribution in [2.45, 2.75) is 19.8 Å². The van der Waals surface area contributed by atoms with Crippen molar-refractivity contribution in [1.29, 1.82) is 0 Å². The number of hydrogen-bond donors (Lipinski definition) is 0. The summed E-state index contributed by atoms with van der Waals surface area (Å²) in [6.07, 6.45) is 2.10. The molecule has 55 valence electrons. The van der Waals surface area contributed by atoms with E-state index in [4.69, 9.17) is 7.49 Å². The van der Waals surface area contributed by atoms with E-state index in [0.29, 0.717) is 0 Å². The van der Waals surface area contributed by atoms with E-state index in [1.165, 1.54) is 0 Å². The molecule has 0 N–H and O–H groups in total. The third-order valence-corrected chi connectivity index (χ3v) is 1.66. The van der Waals surface area contributed by atoms with E-state index in [9.17, 15) is 0 Å². The van der Waals surface area contributed by atoms with Crippen molar-refractivity contribution in [2.75, 3.05) is 0 Å². The van der Waals surface area contributed by atoms with Crippen LogP contribution in [0.2, 0.25) is 0 Å². The third kappa shape index (κ3) is 2.34. The minimum absolute atomic E-state index is 0.990. The molecule has 0 amide bonds. The second kappa shape index (κ2) is 4.12. The minimum atomic E-state index is 0.990.